The van der Waals surface area contributed by atoms with Gasteiger partial charge in [-0.05, 0) is 25.5 Å². The van der Waals surface area contributed by atoms with Crippen LogP contribution in [0.25, 0.3) is 0 Å². The van der Waals surface area contributed by atoms with Gasteiger partial charge in [-0.25, -0.2) is 0 Å². The standard InChI is InChI=1S/C14H20N2O2.ClH/c1-15-12-8-5-9-16(10-12)14(18)13(17)11-6-3-2-4-7-11;/h2-4,6-7,12-13,15,17H,5,8-10H2,1H3;1H. The molecule has 0 aliphatic carbocycles. The van der Waals surface area contributed by atoms with Crippen molar-refractivity contribution in [1.82, 2.24) is 10.2 Å². The highest BCUT2D eigenvalue weighted by molar-refractivity contribution is 5.85. The summed E-state index contributed by atoms with van der Waals surface area (Å²) in [5, 5.41) is 13.3. The lowest BCUT2D eigenvalue weighted by Crippen LogP contribution is -2.48. The molecular weight excluding hydrogens is 264 g/mol. The van der Waals surface area contributed by atoms with E-state index in [1.165, 1.54) is 0 Å². The monoisotopic (exact) mass is 284 g/mol. The molecule has 1 saturated heterocycles. The Kier molecular flexibility index (Phi) is 6.28. The van der Waals surface area contributed by atoms with E-state index >= 15 is 0 Å². The van der Waals surface area contributed by atoms with Crippen molar-refractivity contribution in [3.8, 4) is 0 Å². The predicted octanol–water partition coefficient (Wildman–Crippen LogP) is 1.35. The highest BCUT2D eigenvalue weighted by atomic mass is 35.5. The largest absolute Gasteiger partial charge is 0.378 e. The van der Waals surface area contributed by atoms with E-state index in [-0.39, 0.29) is 18.3 Å². The first-order chi connectivity index (χ1) is 8.72. The van der Waals surface area contributed by atoms with Crippen LogP contribution in [-0.2, 0) is 4.79 Å². The normalized spacial score (nSPS) is 20.5. The molecule has 1 amide bonds. The maximum Gasteiger partial charge on any atom is 0.256 e. The first-order valence-corrected chi connectivity index (χ1v) is 6.41. The van der Waals surface area contributed by atoms with Gasteiger partial charge in [-0.1, -0.05) is 30.3 Å². The number of amides is 1. The molecule has 2 unspecified atom stereocenters. The number of carbonyl (C=O) groups excluding carboxylic acids is 1. The zero-order valence-electron chi connectivity index (χ0n) is 11.1. The first kappa shape index (κ1) is 16.0. The Labute approximate surface area is 120 Å². The van der Waals surface area contributed by atoms with Crippen LogP contribution >= 0.6 is 12.4 Å². The van der Waals surface area contributed by atoms with E-state index in [0.29, 0.717) is 18.2 Å². The Balaban J connectivity index is 0.00000180. The van der Waals surface area contributed by atoms with Crippen molar-refractivity contribution < 1.29 is 9.90 Å². The number of aliphatic hydroxyl groups is 1. The minimum atomic E-state index is -1.04. The zero-order valence-corrected chi connectivity index (χ0v) is 11.9. The van der Waals surface area contributed by atoms with E-state index in [0.717, 1.165) is 19.4 Å². The Morgan fingerprint density at radius 2 is 2.11 bits per heavy atom. The van der Waals surface area contributed by atoms with Crippen molar-refractivity contribution in [2.75, 3.05) is 20.1 Å². The smallest absolute Gasteiger partial charge is 0.256 e. The van der Waals surface area contributed by atoms with Crippen LogP contribution in [0.2, 0.25) is 0 Å². The van der Waals surface area contributed by atoms with Gasteiger partial charge >= 0.3 is 0 Å². The van der Waals surface area contributed by atoms with Crippen LogP contribution in [0.15, 0.2) is 30.3 Å². The van der Waals surface area contributed by atoms with Gasteiger partial charge in [0.1, 0.15) is 0 Å². The molecule has 2 rings (SSSR count). The maximum atomic E-state index is 12.2. The van der Waals surface area contributed by atoms with E-state index in [4.69, 9.17) is 0 Å². The number of likely N-dealkylation sites (tertiary alicyclic amines) is 1. The summed E-state index contributed by atoms with van der Waals surface area (Å²) in [7, 11) is 1.91. The molecule has 19 heavy (non-hydrogen) atoms. The van der Waals surface area contributed by atoms with E-state index in [1.54, 1.807) is 17.0 Å². The molecule has 2 N–H and O–H groups in total. The molecule has 0 radical (unpaired) electrons. The maximum absolute atomic E-state index is 12.2. The van der Waals surface area contributed by atoms with E-state index < -0.39 is 6.10 Å². The number of halogens is 1. The van der Waals surface area contributed by atoms with Crippen LogP contribution < -0.4 is 5.32 Å². The summed E-state index contributed by atoms with van der Waals surface area (Å²) in [5.74, 6) is -0.193. The number of rotatable bonds is 3. The molecule has 1 aliphatic rings. The van der Waals surface area contributed by atoms with Gasteiger partial charge in [0.25, 0.3) is 5.91 Å². The highest BCUT2D eigenvalue weighted by Crippen LogP contribution is 2.18. The molecule has 1 heterocycles. The highest BCUT2D eigenvalue weighted by Gasteiger charge is 2.27. The van der Waals surface area contributed by atoms with Gasteiger partial charge in [0.2, 0.25) is 0 Å². The molecule has 5 heteroatoms. The minimum absolute atomic E-state index is 0. The molecule has 0 spiro atoms. The molecule has 0 aromatic heterocycles. The third kappa shape index (κ3) is 3.93. The van der Waals surface area contributed by atoms with Gasteiger partial charge in [-0.3, -0.25) is 4.79 Å². The Morgan fingerprint density at radius 3 is 2.74 bits per heavy atom. The summed E-state index contributed by atoms with van der Waals surface area (Å²) in [4.78, 5) is 14.0. The molecular formula is C14H21ClN2O2. The summed E-state index contributed by atoms with van der Waals surface area (Å²) in [6.45, 7) is 1.42. The van der Waals surface area contributed by atoms with E-state index in [1.807, 2.05) is 25.2 Å². The van der Waals surface area contributed by atoms with Crippen LogP contribution in [-0.4, -0.2) is 42.1 Å². The molecule has 0 saturated carbocycles. The SMILES string of the molecule is CNC1CCCN(C(=O)C(O)c2ccccc2)C1.Cl. The quantitative estimate of drug-likeness (QED) is 0.881. The third-order valence-electron chi connectivity index (χ3n) is 3.49. The molecule has 2 atom stereocenters. The lowest BCUT2D eigenvalue weighted by Gasteiger charge is -2.33. The average Bonchev–Trinajstić information content (AvgIpc) is 2.46. The fourth-order valence-electron chi connectivity index (χ4n) is 2.36. The van der Waals surface area contributed by atoms with Crippen molar-refractivity contribution in [2.45, 2.75) is 25.0 Å². The second-order valence-corrected chi connectivity index (χ2v) is 4.73. The number of benzene rings is 1. The molecule has 1 aromatic rings. The van der Waals surface area contributed by atoms with Crippen molar-refractivity contribution >= 4 is 18.3 Å². The number of hydrogen-bond acceptors (Lipinski definition) is 3. The molecule has 4 nitrogen and oxygen atoms in total. The number of nitrogens with zero attached hydrogens (tertiary/aromatic N) is 1. The minimum Gasteiger partial charge on any atom is -0.378 e. The summed E-state index contributed by atoms with van der Waals surface area (Å²) < 4.78 is 0. The lowest BCUT2D eigenvalue weighted by molar-refractivity contribution is -0.141. The van der Waals surface area contributed by atoms with Crippen LogP contribution in [0.5, 0.6) is 0 Å². The van der Waals surface area contributed by atoms with Crippen LogP contribution in [0.4, 0.5) is 0 Å². The van der Waals surface area contributed by atoms with Crippen LogP contribution in [0.1, 0.15) is 24.5 Å². The molecule has 1 aliphatic heterocycles. The zero-order chi connectivity index (χ0) is 13.0. The topological polar surface area (TPSA) is 52.6 Å². The fraction of sp³-hybridized carbons (Fsp3) is 0.500. The summed E-state index contributed by atoms with van der Waals surface area (Å²) in [6.07, 6.45) is 1.03. The molecule has 106 valence electrons. The summed E-state index contributed by atoms with van der Waals surface area (Å²) >= 11 is 0. The number of hydrogen-bond donors (Lipinski definition) is 2. The van der Waals surface area contributed by atoms with Gasteiger partial charge < -0.3 is 15.3 Å². The molecule has 0 bridgehead atoms. The van der Waals surface area contributed by atoms with Crippen molar-refractivity contribution in [3.05, 3.63) is 35.9 Å². The van der Waals surface area contributed by atoms with Gasteiger partial charge in [0, 0.05) is 19.1 Å². The molecule has 1 fully saturated rings. The number of nitrogens with one attached hydrogen (secondary N) is 1. The van der Waals surface area contributed by atoms with Gasteiger partial charge in [0.15, 0.2) is 6.10 Å². The third-order valence-corrected chi connectivity index (χ3v) is 3.49. The van der Waals surface area contributed by atoms with Crippen LogP contribution in [0.3, 0.4) is 0 Å². The summed E-state index contributed by atoms with van der Waals surface area (Å²) in [6, 6.07) is 9.44. The molecule has 1 aromatic carbocycles. The summed E-state index contributed by atoms with van der Waals surface area (Å²) in [5.41, 5.74) is 0.661. The predicted molar refractivity (Wildman–Crippen MR) is 77.3 cm³/mol. The van der Waals surface area contributed by atoms with Crippen molar-refractivity contribution in [1.29, 1.82) is 0 Å². The van der Waals surface area contributed by atoms with E-state index in [9.17, 15) is 9.90 Å². The number of piperidine rings is 1. The van der Waals surface area contributed by atoms with Crippen molar-refractivity contribution in [3.63, 3.8) is 0 Å². The second-order valence-electron chi connectivity index (χ2n) is 4.73. The average molecular weight is 285 g/mol. The van der Waals surface area contributed by atoms with Gasteiger partial charge in [-0.15, -0.1) is 12.4 Å². The Morgan fingerprint density at radius 1 is 1.42 bits per heavy atom. The number of likely N-dealkylation sites (N-methyl/N-ethyl adjacent to an activating group) is 1. The number of aliphatic hydroxyl groups excluding tert-OH is 1. The fourth-order valence-corrected chi connectivity index (χ4v) is 2.36. The van der Waals surface area contributed by atoms with Gasteiger partial charge in [-0.2, -0.15) is 0 Å². The van der Waals surface area contributed by atoms with Crippen molar-refractivity contribution in [2.24, 2.45) is 0 Å². The van der Waals surface area contributed by atoms with Crippen LogP contribution in [0, 0.1) is 0 Å². The number of carbonyl (C=O) groups is 1. The Bertz CT molecular complexity index is 400. The first-order valence-electron chi connectivity index (χ1n) is 6.41. The lowest BCUT2D eigenvalue weighted by atomic mass is 10.0. The second kappa shape index (κ2) is 7.48. The van der Waals surface area contributed by atoms with E-state index in [2.05, 4.69) is 5.32 Å². The van der Waals surface area contributed by atoms with Gasteiger partial charge in [0.05, 0.1) is 0 Å². The Hall–Kier alpha value is -1.10.